The Kier molecular flexibility index (Phi) is 5.65. The van der Waals surface area contributed by atoms with Crippen molar-refractivity contribution in [2.75, 3.05) is 6.61 Å². The number of carbonyl (C=O) groups is 1. The van der Waals surface area contributed by atoms with Crippen molar-refractivity contribution in [3.05, 3.63) is 35.9 Å². The van der Waals surface area contributed by atoms with Crippen molar-refractivity contribution in [3.63, 3.8) is 0 Å². The summed E-state index contributed by atoms with van der Waals surface area (Å²) in [6.45, 7) is 10.0. The average Bonchev–Trinajstić information content (AvgIpc) is 2.59. The van der Waals surface area contributed by atoms with Gasteiger partial charge in [-0.25, -0.2) is 0 Å². The van der Waals surface area contributed by atoms with Crippen molar-refractivity contribution in [1.82, 2.24) is 0 Å². The lowest BCUT2D eigenvalue weighted by Crippen LogP contribution is -2.56. The summed E-state index contributed by atoms with van der Waals surface area (Å²) in [4.78, 5) is 12.4. The first kappa shape index (κ1) is 18.6. The zero-order valence-corrected chi connectivity index (χ0v) is 16.0. The van der Waals surface area contributed by atoms with E-state index in [9.17, 15) is 4.79 Å². The van der Waals surface area contributed by atoms with E-state index in [4.69, 9.17) is 9.47 Å². The minimum Gasteiger partial charge on any atom is -0.377 e. The Hall–Kier alpha value is -1.19. The molecule has 1 heterocycles. The van der Waals surface area contributed by atoms with Crippen molar-refractivity contribution in [3.8, 4) is 0 Å². The van der Waals surface area contributed by atoms with Gasteiger partial charge in [0.05, 0.1) is 18.3 Å². The number of ketones is 1. The van der Waals surface area contributed by atoms with Crippen molar-refractivity contribution < 1.29 is 14.3 Å². The first-order chi connectivity index (χ1) is 11.9. The highest BCUT2D eigenvalue weighted by atomic mass is 16.5. The predicted molar refractivity (Wildman–Crippen MR) is 99.2 cm³/mol. The third-order valence-electron chi connectivity index (χ3n) is 6.39. The largest absolute Gasteiger partial charge is 0.377 e. The Bertz CT molecular complexity index is 580. The van der Waals surface area contributed by atoms with Gasteiger partial charge in [-0.05, 0) is 50.0 Å². The quantitative estimate of drug-likeness (QED) is 0.705. The van der Waals surface area contributed by atoms with Gasteiger partial charge in [0.2, 0.25) is 0 Å². The van der Waals surface area contributed by atoms with E-state index in [2.05, 4.69) is 39.8 Å². The molecule has 1 saturated carbocycles. The molecule has 0 spiro atoms. The molecule has 138 valence electrons. The van der Waals surface area contributed by atoms with E-state index in [-0.39, 0.29) is 17.6 Å². The molecule has 1 unspecified atom stereocenters. The minimum atomic E-state index is -0.198. The van der Waals surface area contributed by atoms with Crippen LogP contribution < -0.4 is 0 Å². The molecular weight excluding hydrogens is 312 g/mol. The van der Waals surface area contributed by atoms with Crippen LogP contribution in [0.25, 0.3) is 0 Å². The molecule has 3 rings (SSSR count). The fraction of sp³-hybridized carbons (Fsp3) is 0.682. The van der Waals surface area contributed by atoms with Gasteiger partial charge in [0.25, 0.3) is 0 Å². The van der Waals surface area contributed by atoms with Crippen LogP contribution in [0.4, 0.5) is 0 Å². The summed E-state index contributed by atoms with van der Waals surface area (Å²) < 4.78 is 12.4. The predicted octanol–water partition coefficient (Wildman–Crippen LogP) is 4.64. The summed E-state index contributed by atoms with van der Waals surface area (Å²) >= 11 is 0. The van der Waals surface area contributed by atoms with Crippen LogP contribution in [0.15, 0.2) is 30.3 Å². The molecule has 25 heavy (non-hydrogen) atoms. The number of ether oxygens (including phenoxy) is 2. The Morgan fingerprint density at radius 2 is 2.00 bits per heavy atom. The molecule has 2 bridgehead atoms. The van der Waals surface area contributed by atoms with Gasteiger partial charge >= 0.3 is 0 Å². The van der Waals surface area contributed by atoms with E-state index in [1.165, 1.54) is 5.56 Å². The van der Waals surface area contributed by atoms with Crippen molar-refractivity contribution in [1.29, 1.82) is 0 Å². The number of hydrogen-bond donors (Lipinski definition) is 0. The second-order valence-electron chi connectivity index (χ2n) is 8.55. The van der Waals surface area contributed by atoms with Crippen LogP contribution in [-0.4, -0.2) is 24.1 Å². The molecule has 1 aliphatic carbocycles. The Morgan fingerprint density at radius 1 is 1.28 bits per heavy atom. The molecule has 0 radical (unpaired) electrons. The molecule has 5 atom stereocenters. The lowest BCUT2D eigenvalue weighted by Gasteiger charge is -2.53. The number of hydrogen-bond acceptors (Lipinski definition) is 3. The number of carbonyl (C=O) groups excluding carboxylic acids is 1. The van der Waals surface area contributed by atoms with E-state index < -0.39 is 0 Å². The molecule has 1 aromatic carbocycles. The Labute approximate surface area is 152 Å². The van der Waals surface area contributed by atoms with Crippen LogP contribution in [0.3, 0.4) is 0 Å². The van der Waals surface area contributed by atoms with Gasteiger partial charge in [-0.15, -0.1) is 0 Å². The molecule has 1 aliphatic heterocycles. The summed E-state index contributed by atoms with van der Waals surface area (Å²) in [5.41, 5.74) is 1.01. The fourth-order valence-corrected chi connectivity index (χ4v) is 4.50. The fourth-order valence-electron chi connectivity index (χ4n) is 4.50. The van der Waals surface area contributed by atoms with Gasteiger partial charge in [0.15, 0.2) is 0 Å². The summed E-state index contributed by atoms with van der Waals surface area (Å²) in [5.74, 6) is 1.69. The smallest absolute Gasteiger partial charge is 0.136 e. The maximum absolute atomic E-state index is 12.4. The van der Waals surface area contributed by atoms with Crippen LogP contribution in [0.2, 0.25) is 0 Å². The molecule has 2 aliphatic rings. The first-order valence-electron chi connectivity index (χ1n) is 9.70. The van der Waals surface area contributed by atoms with Crippen LogP contribution in [0, 0.1) is 23.7 Å². The highest BCUT2D eigenvalue weighted by Gasteiger charge is 2.51. The topological polar surface area (TPSA) is 35.5 Å². The number of rotatable bonds is 6. The standard InChI is InChI=1S/C22H32O3/c1-15(10-11-24-14-17-8-6-5-7-9-17)21-19-12-18(22(3,4)25-21)13-20(23)16(19)2/h5-9,15-16,18-19,21H,10-14H2,1-4H3/t15?,16-,18+,19-,21-/m0/s1. The maximum Gasteiger partial charge on any atom is 0.136 e. The number of fused-ring (bicyclic) bond motifs is 2. The minimum absolute atomic E-state index is 0.130. The van der Waals surface area contributed by atoms with Gasteiger partial charge < -0.3 is 9.47 Å². The first-order valence-corrected chi connectivity index (χ1v) is 9.70. The maximum atomic E-state index is 12.4. The van der Waals surface area contributed by atoms with E-state index in [1.807, 2.05) is 18.2 Å². The van der Waals surface area contributed by atoms with Crippen LogP contribution in [0.5, 0.6) is 0 Å². The van der Waals surface area contributed by atoms with Gasteiger partial charge in [-0.1, -0.05) is 44.2 Å². The zero-order chi connectivity index (χ0) is 18.0. The number of benzene rings is 1. The average molecular weight is 344 g/mol. The molecule has 0 N–H and O–H groups in total. The van der Waals surface area contributed by atoms with Crippen LogP contribution in [0.1, 0.15) is 52.5 Å². The molecule has 3 nitrogen and oxygen atoms in total. The molecule has 0 aromatic heterocycles. The van der Waals surface area contributed by atoms with Crippen molar-refractivity contribution in [2.24, 2.45) is 23.7 Å². The molecule has 1 aromatic rings. The SMILES string of the molecule is CC(CCOCc1ccccc1)[C@@H]1OC(C)(C)[C@H]2CC(=O)[C@@H](C)[C@@H]1C2. The molecule has 1 saturated heterocycles. The normalized spacial score (nSPS) is 32.4. The van der Waals surface area contributed by atoms with E-state index in [1.54, 1.807) is 0 Å². The summed E-state index contributed by atoms with van der Waals surface area (Å²) in [6.07, 6.45) is 2.94. The van der Waals surface area contributed by atoms with Crippen molar-refractivity contribution in [2.45, 2.75) is 65.3 Å². The Balaban J connectivity index is 1.55. The summed E-state index contributed by atoms with van der Waals surface area (Å²) in [7, 11) is 0. The van der Waals surface area contributed by atoms with E-state index in [0.29, 0.717) is 36.6 Å². The second kappa shape index (κ2) is 7.59. The summed E-state index contributed by atoms with van der Waals surface area (Å²) in [5, 5.41) is 0. The van der Waals surface area contributed by atoms with Gasteiger partial charge in [-0.3, -0.25) is 4.79 Å². The second-order valence-corrected chi connectivity index (χ2v) is 8.55. The van der Waals surface area contributed by atoms with Gasteiger partial charge in [-0.2, -0.15) is 0 Å². The van der Waals surface area contributed by atoms with Crippen LogP contribution in [-0.2, 0) is 20.9 Å². The molecule has 2 fully saturated rings. The Morgan fingerprint density at radius 3 is 2.72 bits per heavy atom. The summed E-state index contributed by atoms with van der Waals surface area (Å²) in [6, 6.07) is 10.3. The van der Waals surface area contributed by atoms with E-state index in [0.717, 1.165) is 19.4 Å². The van der Waals surface area contributed by atoms with Gasteiger partial charge in [0.1, 0.15) is 5.78 Å². The van der Waals surface area contributed by atoms with Crippen molar-refractivity contribution >= 4 is 5.78 Å². The third-order valence-corrected chi connectivity index (χ3v) is 6.39. The number of Topliss-reactive ketones (excluding diaryl/α,β-unsaturated/α-hetero) is 1. The third kappa shape index (κ3) is 4.15. The molecular formula is C22H32O3. The lowest BCUT2D eigenvalue weighted by atomic mass is 9.63. The monoisotopic (exact) mass is 344 g/mol. The van der Waals surface area contributed by atoms with Crippen LogP contribution >= 0.6 is 0 Å². The van der Waals surface area contributed by atoms with Gasteiger partial charge in [0, 0.05) is 18.9 Å². The van der Waals surface area contributed by atoms with E-state index >= 15 is 0 Å². The highest BCUT2D eigenvalue weighted by molar-refractivity contribution is 5.82. The molecule has 0 amide bonds. The lowest BCUT2D eigenvalue weighted by molar-refractivity contribution is -0.208. The zero-order valence-electron chi connectivity index (χ0n) is 16.0. The highest BCUT2D eigenvalue weighted by Crippen LogP contribution is 2.48. The molecule has 3 heteroatoms.